The molecule has 0 saturated carbocycles. The van der Waals surface area contributed by atoms with Crippen molar-refractivity contribution in [2.24, 2.45) is 0 Å². The van der Waals surface area contributed by atoms with E-state index in [-0.39, 0.29) is 19.0 Å². The van der Waals surface area contributed by atoms with Crippen molar-refractivity contribution in [3.63, 3.8) is 0 Å². The summed E-state index contributed by atoms with van der Waals surface area (Å²) < 4.78 is 0. The number of nitrogens with zero attached hydrogens (tertiary/aromatic N) is 1. The lowest BCUT2D eigenvalue weighted by Gasteiger charge is -2.16. The predicted molar refractivity (Wildman–Crippen MR) is 67.3 cm³/mol. The van der Waals surface area contributed by atoms with Gasteiger partial charge in [-0.15, -0.1) is 24.2 Å². The van der Waals surface area contributed by atoms with E-state index in [1.165, 1.54) is 10.5 Å². The van der Waals surface area contributed by atoms with E-state index in [0.717, 1.165) is 18.8 Å². The van der Waals surface area contributed by atoms with E-state index in [2.05, 4.69) is 12.1 Å². The topological polar surface area (TPSA) is 40.5 Å². The summed E-state index contributed by atoms with van der Waals surface area (Å²) in [5.41, 5.74) is 1.24. The minimum atomic E-state index is -0.751. The van der Waals surface area contributed by atoms with Crippen LogP contribution in [-0.2, 0) is 11.3 Å². The highest BCUT2D eigenvalue weighted by molar-refractivity contribution is 7.99. The average Bonchev–Trinajstić information content (AvgIpc) is 2.38. The number of halogens is 1. The molecule has 0 atom stereocenters. The Morgan fingerprint density at radius 2 is 2.19 bits per heavy atom. The molecule has 1 aliphatic rings. The van der Waals surface area contributed by atoms with Gasteiger partial charge in [0.2, 0.25) is 0 Å². The Morgan fingerprint density at radius 3 is 2.94 bits per heavy atom. The number of fused-ring (bicyclic) bond motifs is 1. The Bertz CT molecular complexity index is 373. The maximum absolute atomic E-state index is 10.6. The van der Waals surface area contributed by atoms with E-state index in [0.29, 0.717) is 0 Å². The molecule has 0 saturated heterocycles. The molecule has 0 spiro atoms. The van der Waals surface area contributed by atoms with Crippen LogP contribution >= 0.6 is 24.2 Å². The van der Waals surface area contributed by atoms with Gasteiger partial charge in [0.05, 0.1) is 6.54 Å². The van der Waals surface area contributed by atoms with E-state index in [1.54, 1.807) is 11.8 Å². The van der Waals surface area contributed by atoms with Gasteiger partial charge in [-0.1, -0.05) is 18.2 Å². The van der Waals surface area contributed by atoms with Crippen molar-refractivity contribution >= 4 is 30.1 Å². The van der Waals surface area contributed by atoms with Crippen molar-refractivity contribution < 1.29 is 9.90 Å². The van der Waals surface area contributed by atoms with Gasteiger partial charge in [0.1, 0.15) is 0 Å². The highest BCUT2D eigenvalue weighted by atomic mass is 35.5. The third kappa shape index (κ3) is 3.40. The largest absolute Gasteiger partial charge is 0.480 e. The van der Waals surface area contributed by atoms with E-state index < -0.39 is 5.97 Å². The number of hydrogen-bond donors (Lipinski definition) is 1. The molecule has 3 nitrogen and oxygen atoms in total. The Labute approximate surface area is 105 Å². The fourth-order valence-corrected chi connectivity index (χ4v) is 2.77. The van der Waals surface area contributed by atoms with Crippen molar-refractivity contribution in [3.05, 3.63) is 29.8 Å². The smallest absolute Gasteiger partial charge is 0.317 e. The van der Waals surface area contributed by atoms with Crippen LogP contribution in [0.5, 0.6) is 0 Å². The van der Waals surface area contributed by atoms with Gasteiger partial charge in [0.25, 0.3) is 0 Å². The minimum absolute atomic E-state index is 0. The third-order valence-corrected chi connectivity index (χ3v) is 3.49. The van der Waals surface area contributed by atoms with Crippen LogP contribution < -0.4 is 0 Å². The highest BCUT2D eigenvalue weighted by Crippen LogP contribution is 2.26. The fourth-order valence-electron chi connectivity index (χ4n) is 1.71. The van der Waals surface area contributed by atoms with Gasteiger partial charge in [-0.2, -0.15) is 0 Å². The maximum Gasteiger partial charge on any atom is 0.317 e. The second kappa shape index (κ2) is 6.13. The molecule has 0 amide bonds. The zero-order valence-corrected chi connectivity index (χ0v) is 10.4. The molecule has 0 unspecified atom stereocenters. The highest BCUT2D eigenvalue weighted by Gasteiger charge is 2.15. The zero-order valence-electron chi connectivity index (χ0n) is 8.76. The number of benzene rings is 1. The zero-order chi connectivity index (χ0) is 10.7. The number of carbonyl (C=O) groups is 1. The molecule has 5 heteroatoms. The molecule has 16 heavy (non-hydrogen) atoms. The SMILES string of the molecule is Cl.O=C(O)CN1CCSc2ccccc2C1. The molecule has 1 aromatic rings. The monoisotopic (exact) mass is 259 g/mol. The summed E-state index contributed by atoms with van der Waals surface area (Å²) in [7, 11) is 0. The molecule has 0 aromatic heterocycles. The quantitative estimate of drug-likeness (QED) is 0.883. The molecule has 0 aliphatic carbocycles. The summed E-state index contributed by atoms with van der Waals surface area (Å²) in [5.74, 6) is 0.212. The fraction of sp³-hybridized carbons (Fsp3) is 0.364. The van der Waals surface area contributed by atoms with Crippen molar-refractivity contribution in [2.45, 2.75) is 11.4 Å². The number of carboxylic acids is 1. The van der Waals surface area contributed by atoms with Crippen LogP contribution in [0.15, 0.2) is 29.2 Å². The average molecular weight is 260 g/mol. The molecule has 0 fully saturated rings. The van der Waals surface area contributed by atoms with Crippen LogP contribution in [-0.4, -0.2) is 34.8 Å². The first-order valence-electron chi connectivity index (χ1n) is 4.90. The Morgan fingerprint density at radius 1 is 1.44 bits per heavy atom. The van der Waals surface area contributed by atoms with Crippen molar-refractivity contribution in [3.8, 4) is 0 Å². The van der Waals surface area contributed by atoms with E-state index in [1.807, 2.05) is 17.0 Å². The van der Waals surface area contributed by atoms with E-state index >= 15 is 0 Å². The van der Waals surface area contributed by atoms with Crippen LogP contribution in [0.25, 0.3) is 0 Å². The summed E-state index contributed by atoms with van der Waals surface area (Å²) in [6.07, 6.45) is 0. The van der Waals surface area contributed by atoms with Gasteiger partial charge < -0.3 is 5.11 Å². The Hall–Kier alpha value is -0.710. The van der Waals surface area contributed by atoms with Crippen molar-refractivity contribution in [2.75, 3.05) is 18.8 Å². The molecule has 1 aliphatic heterocycles. The van der Waals surface area contributed by atoms with Crippen LogP contribution in [0.4, 0.5) is 0 Å². The minimum Gasteiger partial charge on any atom is -0.480 e. The number of rotatable bonds is 2. The van der Waals surface area contributed by atoms with Gasteiger partial charge in [-0.3, -0.25) is 9.69 Å². The van der Waals surface area contributed by atoms with Crippen LogP contribution in [0.1, 0.15) is 5.56 Å². The van der Waals surface area contributed by atoms with Gasteiger partial charge in [0, 0.05) is 23.7 Å². The summed E-state index contributed by atoms with van der Waals surface area (Å²) in [4.78, 5) is 13.9. The molecule has 1 heterocycles. The number of hydrogen-bond acceptors (Lipinski definition) is 3. The lowest BCUT2D eigenvalue weighted by atomic mass is 10.2. The summed E-state index contributed by atoms with van der Waals surface area (Å²) >= 11 is 1.81. The summed E-state index contributed by atoms with van der Waals surface area (Å²) in [5, 5.41) is 8.76. The Balaban J connectivity index is 0.00000128. The number of aliphatic carboxylic acids is 1. The van der Waals surface area contributed by atoms with E-state index in [9.17, 15) is 4.79 Å². The predicted octanol–water partition coefficient (Wildman–Crippen LogP) is 2.10. The molecule has 0 bridgehead atoms. The third-order valence-electron chi connectivity index (χ3n) is 2.39. The normalized spacial score (nSPS) is 15.8. The number of carboxylic acid groups (broad SMARTS) is 1. The molecule has 0 radical (unpaired) electrons. The van der Waals surface area contributed by atoms with Gasteiger partial charge in [-0.05, 0) is 11.6 Å². The van der Waals surface area contributed by atoms with Crippen LogP contribution in [0, 0.1) is 0 Å². The second-order valence-electron chi connectivity index (χ2n) is 3.56. The van der Waals surface area contributed by atoms with Gasteiger partial charge >= 0.3 is 5.97 Å². The molecule has 2 rings (SSSR count). The van der Waals surface area contributed by atoms with E-state index in [4.69, 9.17) is 5.11 Å². The molecule has 1 aromatic carbocycles. The van der Waals surface area contributed by atoms with Gasteiger partial charge in [-0.25, -0.2) is 0 Å². The lowest BCUT2D eigenvalue weighted by molar-refractivity contribution is -0.138. The number of thioether (sulfide) groups is 1. The first-order valence-corrected chi connectivity index (χ1v) is 5.89. The van der Waals surface area contributed by atoms with Gasteiger partial charge in [0.15, 0.2) is 0 Å². The summed E-state index contributed by atoms with van der Waals surface area (Å²) in [6, 6.07) is 8.20. The van der Waals surface area contributed by atoms with Crippen LogP contribution in [0.2, 0.25) is 0 Å². The first-order chi connectivity index (χ1) is 7.25. The molecule has 88 valence electrons. The summed E-state index contributed by atoms with van der Waals surface area (Å²) in [6.45, 7) is 1.72. The molecular formula is C11H14ClNO2S. The molecular weight excluding hydrogens is 246 g/mol. The maximum atomic E-state index is 10.6. The van der Waals surface area contributed by atoms with Crippen LogP contribution in [0.3, 0.4) is 0 Å². The lowest BCUT2D eigenvalue weighted by Crippen LogP contribution is -2.30. The van der Waals surface area contributed by atoms with Crippen molar-refractivity contribution in [1.82, 2.24) is 4.90 Å². The standard InChI is InChI=1S/C11H13NO2S.ClH/c13-11(14)8-12-5-6-15-10-4-2-1-3-9(10)7-12;/h1-4H,5-8H2,(H,13,14);1H. The Kier molecular flexibility index (Phi) is 5.12. The second-order valence-corrected chi connectivity index (χ2v) is 4.70. The van der Waals surface area contributed by atoms with Crippen molar-refractivity contribution in [1.29, 1.82) is 0 Å². The molecule has 1 N–H and O–H groups in total. The first kappa shape index (κ1) is 13.4.